The molecule has 0 aromatic heterocycles. The minimum Gasteiger partial charge on any atom is -0.316 e. The van der Waals surface area contributed by atoms with Crippen molar-refractivity contribution < 1.29 is 4.39 Å². The maximum Gasteiger partial charge on any atom is 0.127 e. The third-order valence-corrected chi connectivity index (χ3v) is 3.64. The Morgan fingerprint density at radius 1 is 1.38 bits per heavy atom. The average molecular weight is 221 g/mol. The average Bonchev–Trinajstić information content (AvgIpc) is 2.23. The minimum atomic E-state index is -0.0488. The highest BCUT2D eigenvalue weighted by Crippen LogP contribution is 2.47. The summed E-state index contributed by atoms with van der Waals surface area (Å²) in [5, 5.41) is 3.37. The number of hydrogen-bond acceptors (Lipinski definition) is 1. The molecule has 16 heavy (non-hydrogen) atoms. The van der Waals surface area contributed by atoms with Gasteiger partial charge < -0.3 is 5.32 Å². The van der Waals surface area contributed by atoms with E-state index >= 15 is 0 Å². The molecular formula is C14H20FN. The molecule has 1 saturated carbocycles. The Hall–Kier alpha value is -0.890. The molecule has 0 radical (unpaired) electrons. The first-order chi connectivity index (χ1) is 7.68. The first-order valence-corrected chi connectivity index (χ1v) is 6.14. The highest BCUT2D eigenvalue weighted by Gasteiger charge is 2.44. The predicted molar refractivity (Wildman–Crippen MR) is 65.0 cm³/mol. The molecule has 1 N–H and O–H groups in total. The van der Waals surface area contributed by atoms with Crippen LogP contribution in [0.15, 0.2) is 24.3 Å². The van der Waals surface area contributed by atoms with Crippen LogP contribution < -0.4 is 5.32 Å². The molecule has 0 saturated heterocycles. The van der Waals surface area contributed by atoms with Crippen LogP contribution in [-0.4, -0.2) is 13.1 Å². The molecular weight excluding hydrogens is 201 g/mol. The molecule has 1 aliphatic rings. The Bertz CT molecular complexity index is 356. The van der Waals surface area contributed by atoms with Crippen LogP contribution in [-0.2, 0) is 5.41 Å². The van der Waals surface area contributed by atoms with Gasteiger partial charge in [0.1, 0.15) is 5.82 Å². The van der Waals surface area contributed by atoms with Crippen molar-refractivity contribution in [3.05, 3.63) is 35.6 Å². The lowest BCUT2D eigenvalue weighted by Gasteiger charge is -2.47. The zero-order valence-electron chi connectivity index (χ0n) is 10.1. The van der Waals surface area contributed by atoms with Gasteiger partial charge in [0.2, 0.25) is 0 Å². The summed E-state index contributed by atoms with van der Waals surface area (Å²) in [6.07, 6.45) is 2.20. The van der Waals surface area contributed by atoms with Crippen LogP contribution in [0, 0.1) is 11.7 Å². The first-order valence-electron chi connectivity index (χ1n) is 6.14. The number of hydrogen-bond donors (Lipinski definition) is 1. The van der Waals surface area contributed by atoms with Gasteiger partial charge >= 0.3 is 0 Å². The molecule has 2 heteroatoms. The van der Waals surface area contributed by atoms with Gasteiger partial charge in [-0.3, -0.25) is 0 Å². The van der Waals surface area contributed by atoms with Crippen molar-refractivity contribution in [1.29, 1.82) is 0 Å². The highest BCUT2D eigenvalue weighted by atomic mass is 19.1. The lowest BCUT2D eigenvalue weighted by atomic mass is 9.59. The Morgan fingerprint density at radius 2 is 2.06 bits per heavy atom. The van der Waals surface area contributed by atoms with E-state index in [2.05, 4.69) is 19.2 Å². The molecule has 1 aromatic carbocycles. The Balaban J connectivity index is 2.23. The summed E-state index contributed by atoms with van der Waals surface area (Å²) in [5.74, 6) is 0.672. The van der Waals surface area contributed by atoms with E-state index in [-0.39, 0.29) is 11.2 Å². The predicted octanol–water partition coefficient (Wildman–Crippen LogP) is 3.10. The van der Waals surface area contributed by atoms with Crippen molar-refractivity contribution in [3.8, 4) is 0 Å². The van der Waals surface area contributed by atoms with E-state index < -0.39 is 0 Å². The zero-order chi connectivity index (χ0) is 11.6. The smallest absolute Gasteiger partial charge is 0.127 e. The van der Waals surface area contributed by atoms with Crippen molar-refractivity contribution in [2.24, 2.45) is 5.92 Å². The van der Waals surface area contributed by atoms with Gasteiger partial charge in [-0.05, 0) is 36.9 Å². The number of likely N-dealkylation sites (N-methyl/N-ethyl adjacent to an activating group) is 1. The fraction of sp³-hybridized carbons (Fsp3) is 0.571. The van der Waals surface area contributed by atoms with Crippen molar-refractivity contribution in [2.75, 3.05) is 13.1 Å². The van der Waals surface area contributed by atoms with Gasteiger partial charge in [-0.1, -0.05) is 32.0 Å². The van der Waals surface area contributed by atoms with E-state index in [9.17, 15) is 4.39 Å². The van der Waals surface area contributed by atoms with Gasteiger partial charge in [0.25, 0.3) is 0 Å². The quantitative estimate of drug-likeness (QED) is 0.823. The summed E-state index contributed by atoms with van der Waals surface area (Å²) >= 11 is 0. The molecule has 2 rings (SSSR count). The molecule has 1 fully saturated rings. The second kappa shape index (κ2) is 4.54. The molecule has 1 aliphatic carbocycles. The van der Waals surface area contributed by atoms with Crippen molar-refractivity contribution in [1.82, 2.24) is 5.32 Å². The minimum absolute atomic E-state index is 0.0424. The van der Waals surface area contributed by atoms with Gasteiger partial charge in [-0.25, -0.2) is 4.39 Å². The zero-order valence-corrected chi connectivity index (χ0v) is 10.1. The Labute approximate surface area is 97.1 Å². The third kappa shape index (κ3) is 1.99. The maximum atomic E-state index is 13.8. The van der Waals surface area contributed by atoms with Crippen LogP contribution in [0.5, 0.6) is 0 Å². The van der Waals surface area contributed by atoms with Crippen LogP contribution in [0.4, 0.5) is 4.39 Å². The Morgan fingerprint density at radius 3 is 2.62 bits per heavy atom. The number of halogens is 1. The highest BCUT2D eigenvalue weighted by molar-refractivity contribution is 5.30. The first kappa shape index (κ1) is 11.6. The van der Waals surface area contributed by atoms with Gasteiger partial charge in [0.15, 0.2) is 0 Å². The van der Waals surface area contributed by atoms with E-state index in [1.54, 1.807) is 12.1 Å². The molecule has 1 aromatic rings. The maximum absolute atomic E-state index is 13.8. The van der Waals surface area contributed by atoms with Gasteiger partial charge in [-0.15, -0.1) is 0 Å². The van der Waals surface area contributed by atoms with Gasteiger partial charge in [-0.2, -0.15) is 0 Å². The Kier molecular flexibility index (Phi) is 3.29. The van der Waals surface area contributed by atoms with Gasteiger partial charge in [0, 0.05) is 12.0 Å². The summed E-state index contributed by atoms with van der Waals surface area (Å²) < 4.78 is 13.8. The number of nitrogens with one attached hydrogen (secondary N) is 1. The van der Waals surface area contributed by atoms with Crippen LogP contribution >= 0.6 is 0 Å². The van der Waals surface area contributed by atoms with Crippen LogP contribution in [0.25, 0.3) is 0 Å². The van der Waals surface area contributed by atoms with E-state index in [0.717, 1.165) is 37.4 Å². The molecule has 0 atom stereocenters. The van der Waals surface area contributed by atoms with Crippen molar-refractivity contribution in [3.63, 3.8) is 0 Å². The molecule has 0 unspecified atom stereocenters. The summed E-state index contributed by atoms with van der Waals surface area (Å²) in [4.78, 5) is 0. The monoisotopic (exact) mass is 221 g/mol. The van der Waals surface area contributed by atoms with Crippen LogP contribution in [0.2, 0.25) is 0 Å². The SMILES string of the molecule is CCNCC1(c2ccccc2F)CC(C)C1. The number of rotatable bonds is 4. The summed E-state index contributed by atoms with van der Waals surface area (Å²) in [6.45, 7) is 6.18. The van der Waals surface area contributed by atoms with E-state index in [1.807, 2.05) is 12.1 Å². The largest absolute Gasteiger partial charge is 0.316 e. The second-order valence-corrected chi connectivity index (χ2v) is 5.05. The van der Waals surface area contributed by atoms with Crippen LogP contribution in [0.1, 0.15) is 32.3 Å². The van der Waals surface area contributed by atoms with E-state index in [1.165, 1.54) is 0 Å². The van der Waals surface area contributed by atoms with E-state index in [4.69, 9.17) is 0 Å². The molecule has 1 nitrogen and oxygen atoms in total. The molecule has 0 spiro atoms. The summed E-state index contributed by atoms with van der Waals surface area (Å²) in [7, 11) is 0. The summed E-state index contributed by atoms with van der Waals surface area (Å²) in [6, 6.07) is 7.22. The third-order valence-electron chi connectivity index (χ3n) is 3.64. The lowest BCUT2D eigenvalue weighted by Crippen LogP contribution is -2.48. The molecule has 0 aliphatic heterocycles. The molecule has 0 bridgehead atoms. The molecule has 0 amide bonds. The number of benzene rings is 1. The standard InChI is InChI=1S/C14H20FN/c1-3-16-10-14(8-11(2)9-14)12-6-4-5-7-13(12)15/h4-7,11,16H,3,8-10H2,1-2H3. The fourth-order valence-corrected chi connectivity index (χ4v) is 2.99. The second-order valence-electron chi connectivity index (χ2n) is 5.05. The summed E-state index contributed by atoms with van der Waals surface area (Å²) in [5.41, 5.74) is 0.940. The topological polar surface area (TPSA) is 12.0 Å². The lowest BCUT2D eigenvalue weighted by molar-refractivity contribution is 0.148. The molecule has 88 valence electrons. The van der Waals surface area contributed by atoms with Crippen LogP contribution in [0.3, 0.4) is 0 Å². The van der Waals surface area contributed by atoms with E-state index in [0.29, 0.717) is 0 Å². The van der Waals surface area contributed by atoms with Crippen molar-refractivity contribution in [2.45, 2.75) is 32.1 Å². The fourth-order valence-electron chi connectivity index (χ4n) is 2.99. The van der Waals surface area contributed by atoms with Crippen molar-refractivity contribution >= 4 is 0 Å². The normalized spacial score (nSPS) is 28.8. The van der Waals surface area contributed by atoms with Gasteiger partial charge in [0.05, 0.1) is 0 Å². The molecule has 0 heterocycles.